The van der Waals surface area contributed by atoms with Crippen LogP contribution in [0.5, 0.6) is 5.75 Å². The Labute approximate surface area is 116 Å². The maximum absolute atomic E-state index is 13.5. The molecule has 0 fully saturated rings. The van der Waals surface area contributed by atoms with E-state index < -0.39 is 0 Å². The van der Waals surface area contributed by atoms with Crippen molar-refractivity contribution in [3.8, 4) is 5.75 Å². The molecule has 2 aromatic carbocycles. The highest BCUT2D eigenvalue weighted by atomic mass is 19.1. The second-order valence-corrected chi connectivity index (χ2v) is 4.46. The largest absolute Gasteiger partial charge is 0.484 e. The predicted octanol–water partition coefficient (Wildman–Crippen LogP) is 3.66. The van der Waals surface area contributed by atoms with E-state index in [-0.39, 0.29) is 18.2 Å². The molecule has 0 radical (unpaired) electrons. The molecule has 0 bridgehead atoms. The molecule has 1 aromatic heterocycles. The summed E-state index contributed by atoms with van der Waals surface area (Å²) in [5, 5.41) is 0. The van der Waals surface area contributed by atoms with Gasteiger partial charge >= 0.3 is 0 Å². The summed E-state index contributed by atoms with van der Waals surface area (Å²) in [7, 11) is 0. The van der Waals surface area contributed by atoms with E-state index in [2.05, 4.69) is 9.97 Å². The monoisotopic (exact) mass is 268 g/mol. The van der Waals surface area contributed by atoms with Crippen LogP contribution < -0.4 is 4.74 Å². The maximum atomic E-state index is 13.5. The molecule has 0 aliphatic rings. The Morgan fingerprint density at radius 1 is 0.950 bits per heavy atom. The second kappa shape index (κ2) is 5.25. The van der Waals surface area contributed by atoms with Gasteiger partial charge in [-0.3, -0.25) is 0 Å². The predicted molar refractivity (Wildman–Crippen MR) is 75.0 cm³/mol. The first kappa shape index (κ1) is 12.5. The van der Waals surface area contributed by atoms with Gasteiger partial charge in [-0.1, -0.05) is 24.3 Å². The molecule has 1 heterocycles. The van der Waals surface area contributed by atoms with Gasteiger partial charge in [0.2, 0.25) is 0 Å². The van der Waals surface area contributed by atoms with Crippen molar-refractivity contribution in [2.45, 2.75) is 13.5 Å². The zero-order valence-electron chi connectivity index (χ0n) is 11.0. The maximum Gasteiger partial charge on any atom is 0.165 e. The molecule has 100 valence electrons. The van der Waals surface area contributed by atoms with Crippen molar-refractivity contribution in [1.82, 2.24) is 9.97 Å². The van der Waals surface area contributed by atoms with Crippen LogP contribution in [-0.2, 0) is 6.61 Å². The van der Waals surface area contributed by atoms with E-state index in [4.69, 9.17) is 4.74 Å². The SMILES string of the molecule is Cc1nc2ccccc2nc1COc1ccccc1F. The van der Waals surface area contributed by atoms with Gasteiger partial charge in [-0.15, -0.1) is 0 Å². The van der Waals surface area contributed by atoms with E-state index in [0.29, 0.717) is 5.69 Å². The van der Waals surface area contributed by atoms with Crippen molar-refractivity contribution in [2.24, 2.45) is 0 Å². The highest BCUT2D eigenvalue weighted by molar-refractivity contribution is 5.74. The summed E-state index contributed by atoms with van der Waals surface area (Å²) in [6.45, 7) is 2.07. The molecule has 0 saturated heterocycles. The highest BCUT2D eigenvalue weighted by Crippen LogP contribution is 2.18. The number of aromatic nitrogens is 2. The molecule has 20 heavy (non-hydrogen) atoms. The lowest BCUT2D eigenvalue weighted by Crippen LogP contribution is -2.04. The highest BCUT2D eigenvalue weighted by Gasteiger charge is 2.07. The van der Waals surface area contributed by atoms with Crippen LogP contribution in [0.25, 0.3) is 11.0 Å². The van der Waals surface area contributed by atoms with Crippen LogP contribution in [0.4, 0.5) is 4.39 Å². The third-order valence-corrected chi connectivity index (χ3v) is 3.04. The lowest BCUT2D eigenvalue weighted by Gasteiger charge is -2.09. The van der Waals surface area contributed by atoms with E-state index in [0.717, 1.165) is 16.7 Å². The summed E-state index contributed by atoms with van der Waals surface area (Å²) in [5.74, 6) is -0.152. The van der Waals surface area contributed by atoms with E-state index in [1.165, 1.54) is 6.07 Å². The standard InChI is InChI=1S/C16H13FN2O/c1-11-15(10-20-16-9-5-2-6-12(16)17)19-14-8-4-3-7-13(14)18-11/h2-9H,10H2,1H3. The number of hydrogen-bond acceptors (Lipinski definition) is 3. The molecule has 0 saturated carbocycles. The number of ether oxygens (including phenoxy) is 1. The molecule has 0 aliphatic carbocycles. The molecular formula is C16H13FN2O. The summed E-state index contributed by atoms with van der Waals surface area (Å²) >= 11 is 0. The van der Waals surface area contributed by atoms with Gasteiger partial charge in [0, 0.05) is 0 Å². The summed E-state index contributed by atoms with van der Waals surface area (Å²) in [5.41, 5.74) is 3.16. The van der Waals surface area contributed by atoms with E-state index in [1.807, 2.05) is 31.2 Å². The summed E-state index contributed by atoms with van der Waals surface area (Å²) in [6, 6.07) is 14.0. The van der Waals surface area contributed by atoms with E-state index >= 15 is 0 Å². The fourth-order valence-electron chi connectivity index (χ4n) is 1.97. The topological polar surface area (TPSA) is 35.0 Å². The number of benzene rings is 2. The van der Waals surface area contributed by atoms with Gasteiger partial charge in [-0.2, -0.15) is 0 Å². The average molecular weight is 268 g/mol. The van der Waals surface area contributed by atoms with Gasteiger partial charge in [0.15, 0.2) is 11.6 Å². The summed E-state index contributed by atoms with van der Waals surface area (Å²) in [6.07, 6.45) is 0. The van der Waals surface area contributed by atoms with Crippen molar-refractivity contribution in [2.75, 3.05) is 0 Å². The Balaban J connectivity index is 1.87. The van der Waals surface area contributed by atoms with Crippen LogP contribution in [0.15, 0.2) is 48.5 Å². The zero-order valence-corrected chi connectivity index (χ0v) is 11.0. The number of nitrogens with zero attached hydrogens (tertiary/aromatic N) is 2. The Morgan fingerprint density at radius 3 is 2.35 bits per heavy atom. The number of halogens is 1. The second-order valence-electron chi connectivity index (χ2n) is 4.46. The Morgan fingerprint density at radius 2 is 1.60 bits per heavy atom. The van der Waals surface area contributed by atoms with Crippen LogP contribution in [0.3, 0.4) is 0 Å². The molecule has 0 aliphatic heterocycles. The fourth-order valence-corrected chi connectivity index (χ4v) is 1.97. The Bertz CT molecular complexity index is 758. The lowest BCUT2D eigenvalue weighted by atomic mass is 10.2. The molecule has 0 atom stereocenters. The molecule has 0 spiro atoms. The van der Waals surface area contributed by atoms with Crippen LogP contribution >= 0.6 is 0 Å². The van der Waals surface area contributed by atoms with Gasteiger partial charge in [-0.05, 0) is 31.2 Å². The third-order valence-electron chi connectivity index (χ3n) is 3.04. The van der Waals surface area contributed by atoms with Gasteiger partial charge in [0.05, 0.1) is 22.4 Å². The number of hydrogen-bond donors (Lipinski definition) is 0. The van der Waals surface area contributed by atoms with Gasteiger partial charge in [0.1, 0.15) is 6.61 Å². The molecule has 0 amide bonds. The minimum absolute atomic E-state index is 0.199. The molecular weight excluding hydrogens is 255 g/mol. The Kier molecular flexibility index (Phi) is 3.29. The fraction of sp³-hybridized carbons (Fsp3) is 0.125. The smallest absolute Gasteiger partial charge is 0.165 e. The minimum Gasteiger partial charge on any atom is -0.484 e. The van der Waals surface area contributed by atoms with E-state index in [1.54, 1.807) is 18.2 Å². The molecule has 3 rings (SSSR count). The number of aryl methyl sites for hydroxylation is 1. The Hall–Kier alpha value is -2.49. The van der Waals surface area contributed by atoms with Crippen molar-refractivity contribution >= 4 is 11.0 Å². The van der Waals surface area contributed by atoms with Crippen LogP contribution in [0, 0.1) is 12.7 Å². The summed E-state index contributed by atoms with van der Waals surface area (Å²) < 4.78 is 19.0. The van der Waals surface area contributed by atoms with Crippen LogP contribution in [-0.4, -0.2) is 9.97 Å². The molecule has 4 heteroatoms. The van der Waals surface area contributed by atoms with Gasteiger partial charge in [0.25, 0.3) is 0 Å². The van der Waals surface area contributed by atoms with Gasteiger partial charge < -0.3 is 4.74 Å². The normalized spacial score (nSPS) is 10.7. The van der Waals surface area contributed by atoms with Gasteiger partial charge in [-0.25, -0.2) is 14.4 Å². The quantitative estimate of drug-likeness (QED) is 0.727. The van der Waals surface area contributed by atoms with Crippen molar-refractivity contribution < 1.29 is 9.13 Å². The molecule has 0 unspecified atom stereocenters. The third kappa shape index (κ3) is 2.45. The first-order valence-electron chi connectivity index (χ1n) is 6.33. The number of para-hydroxylation sites is 3. The molecule has 0 N–H and O–H groups in total. The number of rotatable bonds is 3. The van der Waals surface area contributed by atoms with Crippen molar-refractivity contribution in [3.63, 3.8) is 0 Å². The lowest BCUT2D eigenvalue weighted by molar-refractivity contribution is 0.285. The molecule has 3 nitrogen and oxygen atoms in total. The first-order valence-corrected chi connectivity index (χ1v) is 6.33. The average Bonchev–Trinajstić information content (AvgIpc) is 2.46. The van der Waals surface area contributed by atoms with Crippen molar-refractivity contribution in [3.05, 3.63) is 65.7 Å². The molecule has 3 aromatic rings. The zero-order chi connectivity index (χ0) is 13.9. The van der Waals surface area contributed by atoms with Crippen LogP contribution in [0.2, 0.25) is 0 Å². The number of fused-ring (bicyclic) bond motifs is 1. The first-order chi connectivity index (χ1) is 9.74. The minimum atomic E-state index is -0.376. The summed E-state index contributed by atoms with van der Waals surface area (Å²) in [4.78, 5) is 8.98. The van der Waals surface area contributed by atoms with Crippen LogP contribution in [0.1, 0.15) is 11.4 Å². The van der Waals surface area contributed by atoms with Crippen molar-refractivity contribution in [1.29, 1.82) is 0 Å². The van der Waals surface area contributed by atoms with E-state index in [9.17, 15) is 4.39 Å².